The molecule has 0 aliphatic heterocycles. The van der Waals surface area contributed by atoms with E-state index in [1.165, 1.54) is 6.92 Å². The van der Waals surface area contributed by atoms with Crippen molar-refractivity contribution >= 4 is 11.8 Å². The fourth-order valence-corrected chi connectivity index (χ4v) is 2.30. The average molecular weight is 309 g/mol. The number of nitrogens with one attached hydrogen (secondary N) is 1. The van der Waals surface area contributed by atoms with Gasteiger partial charge in [0.05, 0.1) is 12.1 Å². The Hall–Kier alpha value is -2.87. The molecular formula is C18H19N3O2. The Labute approximate surface area is 135 Å². The van der Waals surface area contributed by atoms with E-state index < -0.39 is 0 Å². The number of pyridine rings is 1. The van der Waals surface area contributed by atoms with Crippen molar-refractivity contribution in [3.63, 3.8) is 0 Å². The van der Waals surface area contributed by atoms with Crippen molar-refractivity contribution in [2.75, 3.05) is 11.9 Å². The fourth-order valence-electron chi connectivity index (χ4n) is 2.30. The van der Waals surface area contributed by atoms with Gasteiger partial charge in [-0.3, -0.25) is 4.79 Å². The predicted octanol–water partition coefficient (Wildman–Crippen LogP) is 3.29. The fraction of sp³-hybridized carbons (Fsp3) is 0.278. The van der Waals surface area contributed by atoms with E-state index in [4.69, 9.17) is 4.74 Å². The molecule has 1 aromatic heterocycles. The number of esters is 1. The first-order valence-corrected chi connectivity index (χ1v) is 7.39. The Bertz CT molecular complexity index is 736. The topological polar surface area (TPSA) is 75.0 Å². The van der Waals surface area contributed by atoms with Crippen LogP contribution in [0.2, 0.25) is 0 Å². The quantitative estimate of drug-likeness (QED) is 0.858. The van der Waals surface area contributed by atoms with Crippen LogP contribution in [0, 0.1) is 18.3 Å². The molecular weight excluding hydrogens is 290 g/mol. The summed E-state index contributed by atoms with van der Waals surface area (Å²) in [6, 6.07) is 13.8. The molecule has 118 valence electrons. The zero-order valence-electron chi connectivity index (χ0n) is 13.5. The predicted molar refractivity (Wildman–Crippen MR) is 88.8 cm³/mol. The number of carbonyl (C=O) groups excluding carboxylic acids is 1. The van der Waals surface area contributed by atoms with E-state index in [-0.39, 0.29) is 12.1 Å². The van der Waals surface area contributed by atoms with E-state index in [9.17, 15) is 10.1 Å². The molecule has 0 fully saturated rings. The highest BCUT2D eigenvalue weighted by Crippen LogP contribution is 2.26. The van der Waals surface area contributed by atoms with Crippen molar-refractivity contribution < 1.29 is 9.53 Å². The van der Waals surface area contributed by atoms with Gasteiger partial charge >= 0.3 is 5.97 Å². The lowest BCUT2D eigenvalue weighted by molar-refractivity contribution is -0.144. The van der Waals surface area contributed by atoms with Crippen molar-refractivity contribution in [1.82, 2.24) is 4.98 Å². The van der Waals surface area contributed by atoms with E-state index in [1.54, 1.807) is 6.92 Å². The van der Waals surface area contributed by atoms with Gasteiger partial charge < -0.3 is 10.1 Å². The van der Waals surface area contributed by atoms with Gasteiger partial charge in [0, 0.05) is 18.2 Å². The van der Waals surface area contributed by atoms with Gasteiger partial charge in [-0.05, 0) is 25.5 Å². The molecule has 2 rings (SSSR count). The van der Waals surface area contributed by atoms with Crippen LogP contribution in [0.4, 0.5) is 5.82 Å². The third-order valence-electron chi connectivity index (χ3n) is 3.34. The van der Waals surface area contributed by atoms with Gasteiger partial charge in [0.15, 0.2) is 0 Å². The second-order valence-corrected chi connectivity index (χ2v) is 5.30. The first-order valence-electron chi connectivity index (χ1n) is 7.39. The van der Waals surface area contributed by atoms with Crippen LogP contribution in [-0.4, -0.2) is 23.6 Å². The lowest BCUT2D eigenvalue weighted by Gasteiger charge is -2.15. The van der Waals surface area contributed by atoms with Crippen molar-refractivity contribution in [3.05, 3.63) is 47.7 Å². The summed E-state index contributed by atoms with van der Waals surface area (Å²) in [4.78, 5) is 15.4. The maximum atomic E-state index is 10.9. The molecule has 2 aromatic rings. The van der Waals surface area contributed by atoms with E-state index in [0.717, 1.165) is 16.8 Å². The Morgan fingerprint density at radius 1 is 1.39 bits per heavy atom. The summed E-state index contributed by atoms with van der Waals surface area (Å²) in [6.07, 6.45) is -0.296. The highest BCUT2D eigenvalue weighted by Gasteiger charge is 2.12. The number of aryl methyl sites for hydroxylation is 1. The average Bonchev–Trinajstić information content (AvgIpc) is 2.53. The smallest absolute Gasteiger partial charge is 0.302 e. The van der Waals surface area contributed by atoms with Gasteiger partial charge in [-0.2, -0.15) is 5.26 Å². The molecule has 5 nitrogen and oxygen atoms in total. The highest BCUT2D eigenvalue weighted by atomic mass is 16.5. The monoisotopic (exact) mass is 309 g/mol. The molecule has 0 saturated heterocycles. The van der Waals surface area contributed by atoms with Crippen LogP contribution in [-0.2, 0) is 9.53 Å². The number of nitriles is 1. The molecule has 1 aromatic carbocycles. The summed E-state index contributed by atoms with van der Waals surface area (Å²) in [5.41, 5.74) is 3.25. The molecule has 0 amide bonds. The molecule has 0 aliphatic rings. The van der Waals surface area contributed by atoms with Crippen molar-refractivity contribution in [2.24, 2.45) is 0 Å². The van der Waals surface area contributed by atoms with Crippen LogP contribution in [0.1, 0.15) is 25.1 Å². The second-order valence-electron chi connectivity index (χ2n) is 5.30. The SMILES string of the molecule is CC(=O)OC(C)CNc1nc(C)c(-c2ccccc2)cc1C#N. The molecule has 1 unspecified atom stereocenters. The van der Waals surface area contributed by atoms with E-state index in [0.29, 0.717) is 17.9 Å². The van der Waals surface area contributed by atoms with Gasteiger partial charge in [0.25, 0.3) is 0 Å². The minimum atomic E-state index is -0.330. The van der Waals surface area contributed by atoms with Crippen LogP contribution in [0.25, 0.3) is 11.1 Å². The van der Waals surface area contributed by atoms with Crippen molar-refractivity contribution in [2.45, 2.75) is 26.9 Å². The van der Waals surface area contributed by atoms with Crippen LogP contribution >= 0.6 is 0 Å². The minimum absolute atomic E-state index is 0.296. The van der Waals surface area contributed by atoms with Gasteiger partial charge in [0.2, 0.25) is 0 Å². The van der Waals surface area contributed by atoms with Crippen LogP contribution < -0.4 is 5.32 Å². The molecule has 5 heteroatoms. The molecule has 1 N–H and O–H groups in total. The van der Waals surface area contributed by atoms with Gasteiger partial charge in [-0.25, -0.2) is 4.98 Å². The number of ether oxygens (including phenoxy) is 1. The Morgan fingerprint density at radius 2 is 2.09 bits per heavy atom. The van der Waals surface area contributed by atoms with Crippen LogP contribution in [0.5, 0.6) is 0 Å². The van der Waals surface area contributed by atoms with Crippen molar-refractivity contribution in [1.29, 1.82) is 5.26 Å². The van der Waals surface area contributed by atoms with Gasteiger partial charge in [-0.1, -0.05) is 30.3 Å². The Morgan fingerprint density at radius 3 is 2.70 bits per heavy atom. The van der Waals surface area contributed by atoms with Gasteiger partial charge in [-0.15, -0.1) is 0 Å². The maximum absolute atomic E-state index is 10.9. The number of aromatic nitrogens is 1. The molecule has 0 saturated carbocycles. The number of nitrogens with zero attached hydrogens (tertiary/aromatic N) is 2. The van der Waals surface area contributed by atoms with Crippen molar-refractivity contribution in [3.8, 4) is 17.2 Å². The molecule has 0 bridgehead atoms. The summed E-state index contributed by atoms with van der Waals surface area (Å²) in [5.74, 6) is 0.173. The van der Waals surface area contributed by atoms with E-state index in [1.807, 2.05) is 43.3 Å². The maximum Gasteiger partial charge on any atom is 0.302 e. The first-order chi connectivity index (χ1) is 11.0. The zero-order chi connectivity index (χ0) is 16.8. The normalized spacial score (nSPS) is 11.4. The molecule has 0 spiro atoms. The highest BCUT2D eigenvalue weighted by molar-refractivity contribution is 5.71. The lowest BCUT2D eigenvalue weighted by atomic mass is 10.0. The Balaban J connectivity index is 2.24. The largest absolute Gasteiger partial charge is 0.461 e. The first kappa shape index (κ1) is 16.5. The number of hydrogen-bond acceptors (Lipinski definition) is 5. The summed E-state index contributed by atoms with van der Waals surface area (Å²) >= 11 is 0. The molecule has 0 radical (unpaired) electrons. The molecule has 1 atom stereocenters. The number of anilines is 1. The van der Waals surface area contributed by atoms with Crippen LogP contribution in [0.3, 0.4) is 0 Å². The summed E-state index contributed by atoms with van der Waals surface area (Å²) in [7, 11) is 0. The summed E-state index contributed by atoms with van der Waals surface area (Å²) in [5, 5.41) is 12.5. The minimum Gasteiger partial charge on any atom is -0.461 e. The second kappa shape index (κ2) is 7.41. The third-order valence-corrected chi connectivity index (χ3v) is 3.34. The third kappa shape index (κ3) is 4.30. The number of rotatable bonds is 5. The molecule has 1 heterocycles. The lowest BCUT2D eigenvalue weighted by Crippen LogP contribution is -2.23. The standard InChI is InChI=1S/C18H19N3O2/c1-12(23-14(3)22)11-20-18-16(10-19)9-17(13(2)21-18)15-7-5-4-6-8-15/h4-9,12H,11H2,1-3H3,(H,20,21). The molecule has 0 aliphatic carbocycles. The summed E-state index contributed by atoms with van der Waals surface area (Å²) < 4.78 is 5.06. The Kier molecular flexibility index (Phi) is 5.32. The zero-order valence-corrected chi connectivity index (χ0v) is 13.5. The van der Waals surface area contributed by atoms with Crippen LogP contribution in [0.15, 0.2) is 36.4 Å². The van der Waals surface area contributed by atoms with E-state index >= 15 is 0 Å². The number of carbonyl (C=O) groups is 1. The number of benzene rings is 1. The van der Waals surface area contributed by atoms with Gasteiger partial charge in [0.1, 0.15) is 18.0 Å². The molecule has 23 heavy (non-hydrogen) atoms. The number of hydrogen-bond donors (Lipinski definition) is 1. The summed E-state index contributed by atoms with van der Waals surface area (Å²) in [6.45, 7) is 5.45. The van der Waals surface area contributed by atoms with E-state index in [2.05, 4.69) is 16.4 Å².